The van der Waals surface area contributed by atoms with Crippen LogP contribution in [-0.2, 0) is 20.9 Å². The second-order valence-electron chi connectivity index (χ2n) is 5.05. The molecule has 110 valence electrons. The van der Waals surface area contributed by atoms with Gasteiger partial charge in [0.15, 0.2) is 0 Å². The van der Waals surface area contributed by atoms with E-state index in [1.807, 2.05) is 0 Å². The minimum atomic E-state index is -0.138. The molecule has 1 saturated carbocycles. The van der Waals surface area contributed by atoms with Gasteiger partial charge in [-0.2, -0.15) is 5.10 Å². The normalized spacial score (nSPS) is 22.2. The minimum Gasteiger partial charge on any atom is -0.469 e. The fourth-order valence-electron chi connectivity index (χ4n) is 2.50. The second-order valence-corrected chi connectivity index (χ2v) is 5.05. The predicted octanol–water partition coefficient (Wildman–Crippen LogP) is 0.516. The quantitative estimate of drug-likeness (QED) is 0.794. The van der Waals surface area contributed by atoms with Crippen LogP contribution in [0.4, 0.5) is 0 Å². The first-order valence-electron chi connectivity index (χ1n) is 6.88. The van der Waals surface area contributed by atoms with Crippen LogP contribution >= 0.6 is 0 Å². The Bertz CT molecular complexity index is 438. The van der Waals surface area contributed by atoms with E-state index in [9.17, 15) is 9.59 Å². The molecule has 0 saturated heterocycles. The van der Waals surface area contributed by atoms with Crippen molar-refractivity contribution in [1.82, 2.24) is 20.1 Å². The molecule has 7 heteroatoms. The molecule has 2 rings (SSSR count). The first-order chi connectivity index (χ1) is 9.69. The largest absolute Gasteiger partial charge is 0.469 e. The number of aromatic nitrogens is 3. The molecular weight excluding hydrogens is 260 g/mol. The van der Waals surface area contributed by atoms with E-state index >= 15 is 0 Å². The third-order valence-corrected chi connectivity index (χ3v) is 3.66. The summed E-state index contributed by atoms with van der Waals surface area (Å²) >= 11 is 0. The second kappa shape index (κ2) is 7.02. The molecule has 7 nitrogen and oxygen atoms in total. The third-order valence-electron chi connectivity index (χ3n) is 3.66. The van der Waals surface area contributed by atoms with Gasteiger partial charge >= 0.3 is 5.97 Å². The Kier molecular flexibility index (Phi) is 5.09. The summed E-state index contributed by atoms with van der Waals surface area (Å²) < 4.78 is 6.38. The number of amides is 1. The van der Waals surface area contributed by atoms with Gasteiger partial charge in [0.1, 0.15) is 12.7 Å². The molecule has 1 N–H and O–H groups in total. The Morgan fingerprint density at radius 2 is 2.10 bits per heavy atom. The van der Waals surface area contributed by atoms with Crippen molar-refractivity contribution < 1.29 is 14.3 Å². The first kappa shape index (κ1) is 14.5. The van der Waals surface area contributed by atoms with Crippen LogP contribution in [0.3, 0.4) is 0 Å². The maximum Gasteiger partial charge on any atom is 0.308 e. The first-order valence-corrected chi connectivity index (χ1v) is 6.88. The van der Waals surface area contributed by atoms with Crippen molar-refractivity contribution in [2.75, 3.05) is 7.11 Å². The van der Waals surface area contributed by atoms with Gasteiger partial charge < -0.3 is 10.1 Å². The van der Waals surface area contributed by atoms with E-state index in [0.29, 0.717) is 13.0 Å². The molecule has 0 bridgehead atoms. The number of ether oxygens (including phenoxy) is 1. The number of esters is 1. The highest BCUT2D eigenvalue weighted by Crippen LogP contribution is 2.25. The van der Waals surface area contributed by atoms with Gasteiger partial charge in [0.25, 0.3) is 0 Å². The lowest BCUT2D eigenvalue weighted by atomic mass is 9.86. The molecule has 20 heavy (non-hydrogen) atoms. The van der Waals surface area contributed by atoms with E-state index in [-0.39, 0.29) is 23.8 Å². The van der Waals surface area contributed by atoms with Gasteiger partial charge in [-0.25, -0.2) is 4.98 Å². The van der Waals surface area contributed by atoms with Crippen molar-refractivity contribution in [3.05, 3.63) is 12.7 Å². The van der Waals surface area contributed by atoms with Gasteiger partial charge in [-0.3, -0.25) is 14.3 Å². The van der Waals surface area contributed by atoms with Crippen molar-refractivity contribution in [1.29, 1.82) is 0 Å². The lowest BCUT2D eigenvalue weighted by Crippen LogP contribution is -2.39. The van der Waals surface area contributed by atoms with Crippen LogP contribution in [0.25, 0.3) is 0 Å². The highest BCUT2D eigenvalue weighted by atomic mass is 16.5. The van der Waals surface area contributed by atoms with Crippen molar-refractivity contribution in [2.24, 2.45) is 5.92 Å². The number of nitrogens with one attached hydrogen (secondary N) is 1. The highest BCUT2D eigenvalue weighted by Gasteiger charge is 2.27. The van der Waals surface area contributed by atoms with Gasteiger partial charge in [-0.15, -0.1) is 0 Å². The topological polar surface area (TPSA) is 86.1 Å². The van der Waals surface area contributed by atoms with Crippen molar-refractivity contribution in [2.45, 2.75) is 44.7 Å². The van der Waals surface area contributed by atoms with E-state index in [1.165, 1.54) is 13.4 Å². The van der Waals surface area contributed by atoms with Crippen molar-refractivity contribution >= 4 is 11.9 Å². The number of nitrogens with zero attached hydrogens (tertiary/aromatic N) is 3. The van der Waals surface area contributed by atoms with Crippen molar-refractivity contribution in [3.8, 4) is 0 Å². The number of methoxy groups -OCH3 is 1. The lowest BCUT2D eigenvalue weighted by Gasteiger charge is -2.27. The Morgan fingerprint density at radius 1 is 1.35 bits per heavy atom. The third kappa shape index (κ3) is 4.04. The molecule has 0 radical (unpaired) electrons. The van der Waals surface area contributed by atoms with Crippen LogP contribution in [0, 0.1) is 5.92 Å². The molecular formula is C13H20N4O3. The number of carbonyl (C=O) groups excluding carboxylic acids is 2. The molecule has 1 aromatic heterocycles. The van der Waals surface area contributed by atoms with Crippen LogP contribution in [0.2, 0.25) is 0 Å². The molecule has 0 aromatic carbocycles. The fourth-order valence-corrected chi connectivity index (χ4v) is 2.50. The average Bonchev–Trinajstić information content (AvgIpc) is 2.98. The summed E-state index contributed by atoms with van der Waals surface area (Å²) in [5.41, 5.74) is 0. The molecule has 1 aliphatic rings. The van der Waals surface area contributed by atoms with Gasteiger partial charge in [-0.05, 0) is 25.7 Å². The molecule has 1 aromatic rings. The molecule has 1 fully saturated rings. The number of rotatable bonds is 5. The van der Waals surface area contributed by atoms with E-state index in [4.69, 9.17) is 4.74 Å². The highest BCUT2D eigenvalue weighted by molar-refractivity contribution is 5.76. The lowest BCUT2D eigenvalue weighted by molar-refractivity contribution is -0.146. The van der Waals surface area contributed by atoms with E-state index in [1.54, 1.807) is 11.0 Å². The standard InChI is InChI=1S/C13H20N4O3/c1-20-13(19)10-2-4-11(5-3-10)16-12(18)6-7-17-9-14-8-15-17/h8-11H,2-7H2,1H3,(H,16,18). The molecule has 0 spiro atoms. The van der Waals surface area contributed by atoms with Crippen LogP contribution in [0.15, 0.2) is 12.7 Å². The maximum absolute atomic E-state index is 11.8. The van der Waals surface area contributed by atoms with E-state index in [2.05, 4.69) is 15.4 Å². The molecule has 0 atom stereocenters. The van der Waals surface area contributed by atoms with Gasteiger partial charge in [0.05, 0.1) is 19.6 Å². The summed E-state index contributed by atoms with van der Waals surface area (Å²) in [4.78, 5) is 27.0. The van der Waals surface area contributed by atoms with Crippen LogP contribution in [-0.4, -0.2) is 39.8 Å². The number of carbonyl (C=O) groups is 2. The van der Waals surface area contributed by atoms with E-state index < -0.39 is 0 Å². The summed E-state index contributed by atoms with van der Waals surface area (Å²) in [5, 5.41) is 6.95. The zero-order chi connectivity index (χ0) is 14.4. The average molecular weight is 280 g/mol. The Morgan fingerprint density at radius 3 is 2.70 bits per heavy atom. The summed E-state index contributed by atoms with van der Waals surface area (Å²) in [6.07, 6.45) is 6.65. The molecule has 0 aliphatic heterocycles. The Hall–Kier alpha value is -1.92. The molecule has 0 unspecified atom stereocenters. The van der Waals surface area contributed by atoms with Crippen LogP contribution < -0.4 is 5.32 Å². The summed E-state index contributed by atoms with van der Waals surface area (Å²) in [6.45, 7) is 0.531. The Labute approximate surface area is 117 Å². The van der Waals surface area contributed by atoms with Crippen LogP contribution in [0.1, 0.15) is 32.1 Å². The van der Waals surface area contributed by atoms with Gasteiger partial charge in [0.2, 0.25) is 5.91 Å². The monoisotopic (exact) mass is 280 g/mol. The zero-order valence-corrected chi connectivity index (χ0v) is 11.6. The molecule has 1 heterocycles. The summed E-state index contributed by atoms with van der Waals surface area (Å²) in [7, 11) is 1.42. The predicted molar refractivity (Wildman–Crippen MR) is 70.5 cm³/mol. The van der Waals surface area contributed by atoms with Gasteiger partial charge in [-0.1, -0.05) is 0 Å². The Balaban J connectivity index is 1.67. The molecule has 1 aliphatic carbocycles. The summed E-state index contributed by atoms with van der Waals surface area (Å²) in [6, 6.07) is 0.166. The number of hydrogen-bond donors (Lipinski definition) is 1. The smallest absolute Gasteiger partial charge is 0.308 e. The SMILES string of the molecule is COC(=O)C1CCC(NC(=O)CCn2cncn2)CC1. The van der Waals surface area contributed by atoms with Gasteiger partial charge in [0, 0.05) is 12.5 Å². The number of hydrogen-bond acceptors (Lipinski definition) is 5. The molecule has 1 amide bonds. The zero-order valence-electron chi connectivity index (χ0n) is 11.6. The minimum absolute atomic E-state index is 0.0108. The van der Waals surface area contributed by atoms with E-state index in [0.717, 1.165) is 25.7 Å². The summed E-state index contributed by atoms with van der Waals surface area (Å²) in [5.74, 6) is -0.133. The number of aryl methyl sites for hydroxylation is 1. The van der Waals surface area contributed by atoms with Crippen LogP contribution in [0.5, 0.6) is 0 Å². The fraction of sp³-hybridized carbons (Fsp3) is 0.692. The van der Waals surface area contributed by atoms with Crippen molar-refractivity contribution in [3.63, 3.8) is 0 Å². The maximum atomic E-state index is 11.8.